The topological polar surface area (TPSA) is 74.0 Å². The second kappa shape index (κ2) is 7.40. The van der Waals surface area contributed by atoms with Crippen LogP contribution in [0.2, 0.25) is 0 Å². The number of methoxy groups -OCH3 is 1. The largest absolute Gasteiger partial charge is 0.493 e. The van der Waals surface area contributed by atoms with Gasteiger partial charge in [-0.15, -0.1) is 0 Å². The van der Waals surface area contributed by atoms with Gasteiger partial charge in [-0.05, 0) is 12.5 Å². The van der Waals surface area contributed by atoms with Gasteiger partial charge >= 0.3 is 12.3 Å². The van der Waals surface area contributed by atoms with E-state index in [-0.39, 0.29) is 26.2 Å². The van der Waals surface area contributed by atoms with Crippen LogP contribution >= 0.6 is 0 Å². The van der Waals surface area contributed by atoms with Gasteiger partial charge in [-0.3, -0.25) is 4.90 Å². The number of benzene rings is 1. The molecule has 26 heavy (non-hydrogen) atoms. The molecule has 1 aliphatic rings. The lowest BCUT2D eigenvalue weighted by atomic mass is 10.1. The number of amides is 1. The highest BCUT2D eigenvalue weighted by atomic mass is 19.4. The van der Waals surface area contributed by atoms with Crippen molar-refractivity contribution >= 4 is 22.9 Å². The van der Waals surface area contributed by atoms with E-state index in [1.165, 1.54) is 18.1 Å². The Labute approximate surface area is 146 Å². The molecule has 7 nitrogen and oxygen atoms in total. The summed E-state index contributed by atoms with van der Waals surface area (Å²) in [6, 6.07) is 3.23. The zero-order chi connectivity index (χ0) is 18.7. The van der Waals surface area contributed by atoms with Crippen LogP contribution in [0.25, 0.3) is 11.0 Å². The number of nitrogens with zero attached hydrogens (tertiary/aromatic N) is 2. The van der Waals surface area contributed by atoms with Crippen LogP contribution in [0, 0.1) is 0 Å². The van der Waals surface area contributed by atoms with Crippen molar-refractivity contribution in [2.45, 2.75) is 25.6 Å². The molecule has 3 rings (SSSR count). The third kappa shape index (κ3) is 4.01. The third-order valence-electron chi connectivity index (χ3n) is 3.81. The summed E-state index contributed by atoms with van der Waals surface area (Å²) in [6.07, 6.45) is -5.80. The Morgan fingerprint density at radius 1 is 1.35 bits per heavy atom. The Kier molecular flexibility index (Phi) is 5.21. The molecule has 0 aliphatic carbocycles. The Morgan fingerprint density at radius 2 is 2.15 bits per heavy atom. The summed E-state index contributed by atoms with van der Waals surface area (Å²) in [5.41, 5.74) is 0.967. The predicted molar refractivity (Wildman–Crippen MR) is 84.2 cm³/mol. The summed E-state index contributed by atoms with van der Waals surface area (Å²) in [6.45, 7) is 0.703. The molecule has 10 heteroatoms. The number of aromatic nitrogens is 1. The van der Waals surface area contributed by atoms with Gasteiger partial charge in [-0.1, -0.05) is 5.16 Å². The fraction of sp³-hybridized carbons (Fsp3) is 0.500. The van der Waals surface area contributed by atoms with Gasteiger partial charge in [-0.25, -0.2) is 4.79 Å². The van der Waals surface area contributed by atoms with E-state index in [0.717, 1.165) is 0 Å². The lowest BCUT2D eigenvalue weighted by molar-refractivity contribution is -0.136. The van der Waals surface area contributed by atoms with Crippen molar-refractivity contribution in [3.63, 3.8) is 0 Å². The van der Waals surface area contributed by atoms with Crippen molar-refractivity contribution in [2.75, 3.05) is 31.8 Å². The Hall–Kier alpha value is -2.49. The molecule has 0 radical (unpaired) electrons. The fourth-order valence-corrected chi connectivity index (χ4v) is 2.64. The number of hydrogen-bond donors (Lipinski definition) is 0. The Morgan fingerprint density at radius 3 is 2.81 bits per heavy atom. The van der Waals surface area contributed by atoms with E-state index in [0.29, 0.717) is 34.6 Å². The number of alkyl halides is 3. The summed E-state index contributed by atoms with van der Waals surface area (Å²) in [5, 5.41) is 4.47. The molecule has 1 aromatic carbocycles. The number of carbonyl (C=O) groups is 1. The molecule has 1 saturated heterocycles. The second-order valence-electron chi connectivity index (χ2n) is 5.73. The number of anilines is 1. The Bertz CT molecular complexity index is 790. The number of halogens is 3. The maximum absolute atomic E-state index is 12.2. The minimum Gasteiger partial charge on any atom is -0.493 e. The normalized spacial score (nSPS) is 14.9. The van der Waals surface area contributed by atoms with Crippen molar-refractivity contribution in [3.8, 4) is 5.75 Å². The van der Waals surface area contributed by atoms with Gasteiger partial charge in [0.15, 0.2) is 11.4 Å². The van der Waals surface area contributed by atoms with Crippen molar-refractivity contribution in [2.24, 2.45) is 0 Å². The number of fused-ring (bicyclic) bond motifs is 1. The summed E-state index contributed by atoms with van der Waals surface area (Å²) in [5.74, 6) is 0.677. The van der Waals surface area contributed by atoms with Gasteiger partial charge < -0.3 is 18.7 Å². The fourth-order valence-electron chi connectivity index (χ4n) is 2.64. The van der Waals surface area contributed by atoms with Crippen molar-refractivity contribution < 1.29 is 36.7 Å². The van der Waals surface area contributed by atoms with Crippen LogP contribution in [0.5, 0.6) is 5.75 Å². The maximum atomic E-state index is 12.2. The van der Waals surface area contributed by atoms with Crippen molar-refractivity contribution in [1.82, 2.24) is 5.16 Å². The van der Waals surface area contributed by atoms with Crippen LogP contribution in [0.4, 0.5) is 23.8 Å². The molecule has 0 bridgehead atoms. The molecule has 1 aliphatic heterocycles. The van der Waals surface area contributed by atoms with Gasteiger partial charge in [0.25, 0.3) is 0 Å². The smallest absolute Gasteiger partial charge is 0.415 e. The minimum absolute atomic E-state index is 0.0961. The van der Waals surface area contributed by atoms with Crippen LogP contribution in [0.3, 0.4) is 0 Å². The highest BCUT2D eigenvalue weighted by Crippen LogP contribution is 2.34. The third-order valence-corrected chi connectivity index (χ3v) is 3.81. The van der Waals surface area contributed by atoms with Gasteiger partial charge in [0.2, 0.25) is 0 Å². The second-order valence-corrected chi connectivity index (χ2v) is 5.73. The van der Waals surface area contributed by atoms with Crippen LogP contribution in [-0.2, 0) is 16.1 Å². The van der Waals surface area contributed by atoms with E-state index in [1.54, 1.807) is 6.07 Å². The molecule has 0 atom stereocenters. The summed E-state index contributed by atoms with van der Waals surface area (Å²) < 4.78 is 57.4. The quantitative estimate of drug-likeness (QED) is 0.689. The summed E-state index contributed by atoms with van der Waals surface area (Å²) in [7, 11) is 1.49. The van der Waals surface area contributed by atoms with Crippen LogP contribution < -0.4 is 9.64 Å². The molecular weight excluding hydrogens is 357 g/mol. The van der Waals surface area contributed by atoms with Crippen molar-refractivity contribution in [1.29, 1.82) is 0 Å². The lowest BCUT2D eigenvalue weighted by Crippen LogP contribution is -2.23. The first-order valence-corrected chi connectivity index (χ1v) is 7.94. The van der Waals surface area contributed by atoms with Crippen LogP contribution in [0.15, 0.2) is 16.7 Å². The zero-order valence-electron chi connectivity index (χ0n) is 14.0. The monoisotopic (exact) mass is 374 g/mol. The lowest BCUT2D eigenvalue weighted by Gasteiger charge is -2.13. The number of rotatable bonds is 7. The average molecular weight is 374 g/mol. The van der Waals surface area contributed by atoms with Crippen LogP contribution in [-0.4, -0.2) is 44.3 Å². The molecule has 0 spiro atoms. The van der Waals surface area contributed by atoms with Crippen LogP contribution in [0.1, 0.15) is 18.4 Å². The molecular formula is C16H17F3N2O5. The predicted octanol–water partition coefficient (Wildman–Crippen LogP) is 3.65. The summed E-state index contributed by atoms with van der Waals surface area (Å²) >= 11 is 0. The minimum atomic E-state index is -4.22. The maximum Gasteiger partial charge on any atom is 0.415 e. The molecule has 0 unspecified atom stereocenters. The Balaban J connectivity index is 1.82. The first kappa shape index (κ1) is 18.3. The van der Waals surface area contributed by atoms with E-state index in [4.69, 9.17) is 18.7 Å². The van der Waals surface area contributed by atoms with Gasteiger partial charge in [0.1, 0.15) is 12.4 Å². The number of ether oxygens (including phenoxy) is 3. The molecule has 142 valence electrons. The first-order valence-electron chi connectivity index (χ1n) is 7.94. The zero-order valence-corrected chi connectivity index (χ0v) is 14.0. The standard InChI is InChI=1S/C16H17F3N2O5/c1-23-9-10-7-11-13(8-12(10)24-5-2-3-16(17,18)19)26-20-14(11)21-4-6-25-15(21)22/h7-8H,2-6,9H2,1H3. The van der Waals surface area contributed by atoms with E-state index in [2.05, 4.69) is 5.16 Å². The van der Waals surface area contributed by atoms with E-state index < -0.39 is 18.7 Å². The molecule has 1 amide bonds. The molecule has 2 aromatic rings. The van der Waals surface area contributed by atoms with Crippen molar-refractivity contribution in [3.05, 3.63) is 17.7 Å². The van der Waals surface area contributed by atoms with Gasteiger partial charge in [0, 0.05) is 25.2 Å². The molecule has 1 aromatic heterocycles. The number of cyclic esters (lactones) is 1. The van der Waals surface area contributed by atoms with Gasteiger partial charge in [0.05, 0.1) is 25.1 Å². The van der Waals surface area contributed by atoms with Gasteiger partial charge in [-0.2, -0.15) is 13.2 Å². The van der Waals surface area contributed by atoms with E-state index in [1.807, 2.05) is 0 Å². The average Bonchev–Trinajstić information content (AvgIpc) is 3.16. The molecule has 0 saturated carbocycles. The number of carbonyl (C=O) groups excluding carboxylic acids is 1. The highest BCUT2D eigenvalue weighted by molar-refractivity contribution is 5.99. The van der Waals surface area contributed by atoms with E-state index in [9.17, 15) is 18.0 Å². The SMILES string of the molecule is COCc1cc2c(N3CCOC3=O)noc2cc1OCCCC(F)(F)F. The summed E-state index contributed by atoms with van der Waals surface area (Å²) in [4.78, 5) is 13.1. The number of hydrogen-bond acceptors (Lipinski definition) is 6. The molecule has 2 heterocycles. The molecule has 0 N–H and O–H groups in total. The van der Waals surface area contributed by atoms with E-state index >= 15 is 0 Å². The highest BCUT2D eigenvalue weighted by Gasteiger charge is 2.29. The molecule has 1 fully saturated rings. The first-order chi connectivity index (χ1) is 12.4.